The molecule has 0 radical (unpaired) electrons. The van der Waals surface area contributed by atoms with Crippen molar-refractivity contribution in [3.8, 4) is 11.5 Å². The quantitative estimate of drug-likeness (QED) is 0.487. The van der Waals surface area contributed by atoms with Gasteiger partial charge in [-0.15, -0.1) is 0 Å². The number of rotatable bonds is 7. The predicted molar refractivity (Wildman–Crippen MR) is 126 cm³/mol. The van der Waals surface area contributed by atoms with Crippen molar-refractivity contribution < 1.29 is 28.6 Å². The maximum atomic E-state index is 12.9. The number of nitrogens with one attached hydrogen (secondary N) is 1. The Kier molecular flexibility index (Phi) is 8.26. The van der Waals surface area contributed by atoms with Crippen LogP contribution in [0.2, 0.25) is 0 Å². The molecule has 1 heterocycles. The van der Waals surface area contributed by atoms with Gasteiger partial charge in [0.2, 0.25) is 5.75 Å². The van der Waals surface area contributed by atoms with Crippen LogP contribution in [0, 0.1) is 5.92 Å². The second-order valence-electron chi connectivity index (χ2n) is 8.82. The number of aromatic nitrogens is 1. The van der Waals surface area contributed by atoms with E-state index in [1.54, 1.807) is 20.8 Å². The van der Waals surface area contributed by atoms with E-state index in [0.717, 1.165) is 19.3 Å². The fraction of sp³-hybridized carbons (Fsp3) is 0.462. The number of nitrogens with zero attached hydrogens (tertiary/aromatic N) is 1. The first-order chi connectivity index (χ1) is 16.2. The molecule has 2 unspecified atom stereocenters. The molecule has 1 aromatic carbocycles. The van der Waals surface area contributed by atoms with Crippen molar-refractivity contribution >= 4 is 17.8 Å². The van der Waals surface area contributed by atoms with Crippen LogP contribution in [0.5, 0.6) is 11.5 Å². The molecule has 0 bridgehead atoms. The fourth-order valence-corrected chi connectivity index (χ4v) is 3.96. The maximum absolute atomic E-state index is 12.9. The highest BCUT2D eigenvalue weighted by Gasteiger charge is 2.30. The minimum absolute atomic E-state index is 0.0488. The summed E-state index contributed by atoms with van der Waals surface area (Å²) in [4.78, 5) is 42.0. The molecule has 182 valence electrons. The molecular formula is C26H32N2O6. The third-order valence-electron chi connectivity index (χ3n) is 5.98. The maximum Gasteiger partial charge on any atom is 0.328 e. The van der Waals surface area contributed by atoms with Crippen LogP contribution in [-0.4, -0.2) is 42.1 Å². The molecule has 0 spiro atoms. The summed E-state index contributed by atoms with van der Waals surface area (Å²) >= 11 is 0. The van der Waals surface area contributed by atoms with Crippen LogP contribution in [0.15, 0.2) is 36.5 Å². The van der Waals surface area contributed by atoms with Gasteiger partial charge in [0, 0.05) is 18.2 Å². The molecule has 3 rings (SSSR count). The molecular weight excluding hydrogens is 436 g/mol. The van der Waals surface area contributed by atoms with E-state index in [1.165, 1.54) is 30.5 Å². The lowest BCUT2D eigenvalue weighted by Crippen LogP contribution is -2.42. The molecule has 1 aliphatic rings. The lowest BCUT2D eigenvalue weighted by molar-refractivity contribution is -0.152. The molecule has 34 heavy (non-hydrogen) atoms. The van der Waals surface area contributed by atoms with E-state index in [1.807, 2.05) is 12.1 Å². The number of methoxy groups -OCH3 is 1. The lowest BCUT2D eigenvalue weighted by atomic mass is 9.92. The Balaban J connectivity index is 1.71. The standard InChI is InChI=1S/C26H32N2O6/c1-15(2)25(30)34-23-21(32-5)13-14-27-22(23)24(29)28-17(4)26(31)33-20-12-8-10-18-9-6-7-11-19(18)16(20)3/h6-7,9,11,13-17,20H,8,10,12H2,1-5H3,(H,28,29)/t16?,17-,20?/m0/s1. The highest BCUT2D eigenvalue weighted by molar-refractivity contribution is 5.98. The Morgan fingerprint density at radius 1 is 1.09 bits per heavy atom. The number of ether oxygens (including phenoxy) is 3. The number of aryl methyl sites for hydroxylation is 1. The van der Waals surface area contributed by atoms with Gasteiger partial charge in [-0.1, -0.05) is 45.0 Å². The molecule has 1 amide bonds. The van der Waals surface area contributed by atoms with Gasteiger partial charge >= 0.3 is 11.9 Å². The van der Waals surface area contributed by atoms with Gasteiger partial charge in [-0.3, -0.25) is 9.59 Å². The van der Waals surface area contributed by atoms with Crippen LogP contribution < -0.4 is 14.8 Å². The van der Waals surface area contributed by atoms with Crippen LogP contribution in [0.1, 0.15) is 68.1 Å². The number of fused-ring (bicyclic) bond motifs is 1. The van der Waals surface area contributed by atoms with Crippen molar-refractivity contribution in [2.24, 2.45) is 5.92 Å². The minimum atomic E-state index is -0.931. The molecule has 3 atom stereocenters. The normalized spacial score (nSPS) is 18.3. The average Bonchev–Trinajstić information content (AvgIpc) is 2.97. The van der Waals surface area contributed by atoms with Crippen molar-refractivity contribution in [2.75, 3.05) is 7.11 Å². The van der Waals surface area contributed by atoms with Crippen molar-refractivity contribution in [3.05, 3.63) is 53.3 Å². The van der Waals surface area contributed by atoms with Gasteiger partial charge in [-0.25, -0.2) is 9.78 Å². The lowest BCUT2D eigenvalue weighted by Gasteiger charge is -2.25. The second-order valence-corrected chi connectivity index (χ2v) is 8.82. The summed E-state index contributed by atoms with van der Waals surface area (Å²) in [5, 5.41) is 2.61. The third kappa shape index (κ3) is 5.73. The first-order valence-corrected chi connectivity index (χ1v) is 11.6. The van der Waals surface area contributed by atoms with Gasteiger partial charge in [0.25, 0.3) is 5.91 Å². The van der Waals surface area contributed by atoms with E-state index in [0.29, 0.717) is 0 Å². The van der Waals surface area contributed by atoms with Gasteiger partial charge in [-0.2, -0.15) is 0 Å². The summed E-state index contributed by atoms with van der Waals surface area (Å²) in [6.45, 7) is 6.96. The third-order valence-corrected chi connectivity index (χ3v) is 5.98. The van der Waals surface area contributed by atoms with Crippen LogP contribution in [-0.2, 0) is 20.7 Å². The summed E-state index contributed by atoms with van der Waals surface area (Å²) in [6, 6.07) is 8.76. The van der Waals surface area contributed by atoms with Crippen LogP contribution >= 0.6 is 0 Å². The molecule has 0 aliphatic heterocycles. The molecule has 0 fully saturated rings. The Hall–Kier alpha value is -3.42. The average molecular weight is 469 g/mol. The zero-order chi connectivity index (χ0) is 24.8. The van der Waals surface area contributed by atoms with E-state index in [-0.39, 0.29) is 29.2 Å². The van der Waals surface area contributed by atoms with E-state index >= 15 is 0 Å². The summed E-state index contributed by atoms with van der Waals surface area (Å²) in [5.41, 5.74) is 2.32. The van der Waals surface area contributed by atoms with Crippen LogP contribution in [0.25, 0.3) is 0 Å². The molecule has 0 saturated carbocycles. The van der Waals surface area contributed by atoms with Crippen molar-refractivity contribution in [1.82, 2.24) is 10.3 Å². The largest absolute Gasteiger partial charge is 0.493 e. The zero-order valence-electron chi connectivity index (χ0n) is 20.3. The second kappa shape index (κ2) is 11.1. The van der Waals surface area contributed by atoms with Crippen molar-refractivity contribution in [1.29, 1.82) is 0 Å². The Labute approximate surface area is 200 Å². The number of hydrogen-bond donors (Lipinski definition) is 1. The van der Waals surface area contributed by atoms with E-state index in [9.17, 15) is 14.4 Å². The number of amides is 1. The van der Waals surface area contributed by atoms with Crippen LogP contribution in [0.3, 0.4) is 0 Å². The minimum Gasteiger partial charge on any atom is -0.493 e. The highest BCUT2D eigenvalue weighted by Crippen LogP contribution is 2.33. The molecule has 1 aromatic heterocycles. The van der Waals surface area contributed by atoms with E-state index in [2.05, 4.69) is 29.4 Å². The molecule has 1 aliphatic carbocycles. The Bertz CT molecular complexity index is 1050. The van der Waals surface area contributed by atoms with E-state index in [4.69, 9.17) is 14.2 Å². The predicted octanol–water partition coefficient (Wildman–Crippen LogP) is 3.82. The van der Waals surface area contributed by atoms with Gasteiger partial charge in [0.05, 0.1) is 13.0 Å². The van der Waals surface area contributed by atoms with Gasteiger partial charge in [-0.05, 0) is 37.3 Å². The summed E-state index contributed by atoms with van der Waals surface area (Å²) in [5.74, 6) is -2.00. The van der Waals surface area contributed by atoms with Gasteiger partial charge in [0.15, 0.2) is 11.4 Å². The number of esters is 2. The number of benzene rings is 1. The first kappa shape index (κ1) is 25.2. The molecule has 8 nitrogen and oxygen atoms in total. The van der Waals surface area contributed by atoms with Gasteiger partial charge < -0.3 is 19.5 Å². The Morgan fingerprint density at radius 2 is 1.82 bits per heavy atom. The van der Waals surface area contributed by atoms with Crippen molar-refractivity contribution in [2.45, 2.75) is 65.0 Å². The number of pyridine rings is 1. The number of carbonyl (C=O) groups excluding carboxylic acids is 3. The Morgan fingerprint density at radius 3 is 2.53 bits per heavy atom. The summed E-state index contributed by atoms with van der Waals surface area (Å²) < 4.78 is 16.4. The fourth-order valence-electron chi connectivity index (χ4n) is 3.96. The van der Waals surface area contributed by atoms with Gasteiger partial charge in [0.1, 0.15) is 12.1 Å². The monoisotopic (exact) mass is 468 g/mol. The van der Waals surface area contributed by atoms with Crippen LogP contribution in [0.4, 0.5) is 0 Å². The SMILES string of the molecule is COc1ccnc(C(=O)N[C@@H](C)C(=O)OC2CCCc3ccccc3C2C)c1OC(=O)C(C)C. The topological polar surface area (TPSA) is 104 Å². The van der Waals surface area contributed by atoms with Crippen molar-refractivity contribution in [3.63, 3.8) is 0 Å². The number of carbonyl (C=O) groups is 3. The number of hydrogen-bond acceptors (Lipinski definition) is 7. The highest BCUT2D eigenvalue weighted by atomic mass is 16.6. The molecule has 2 aromatic rings. The molecule has 8 heteroatoms. The summed E-state index contributed by atoms with van der Waals surface area (Å²) in [6.07, 6.45) is 3.69. The summed E-state index contributed by atoms with van der Waals surface area (Å²) in [7, 11) is 1.40. The smallest absolute Gasteiger partial charge is 0.328 e. The molecule has 1 N–H and O–H groups in total. The first-order valence-electron chi connectivity index (χ1n) is 11.6. The zero-order valence-corrected chi connectivity index (χ0v) is 20.3. The van der Waals surface area contributed by atoms with E-state index < -0.39 is 29.8 Å². The molecule has 0 saturated heterocycles.